The van der Waals surface area contributed by atoms with Crippen LogP contribution in [0.3, 0.4) is 0 Å². The van der Waals surface area contributed by atoms with Gasteiger partial charge in [0, 0.05) is 5.75 Å². The molecule has 0 spiro atoms. The summed E-state index contributed by atoms with van der Waals surface area (Å²) in [6, 6.07) is 0. The molecule has 0 aliphatic carbocycles. The van der Waals surface area contributed by atoms with Crippen LogP contribution in [0.25, 0.3) is 0 Å². The first-order chi connectivity index (χ1) is 6.71. The SMILES string of the molecule is CCCCNC1(C(=O)O)CCCSC1. The summed E-state index contributed by atoms with van der Waals surface area (Å²) < 4.78 is 0. The maximum atomic E-state index is 11.2. The normalized spacial score (nSPS) is 27.5. The second kappa shape index (κ2) is 5.61. The van der Waals surface area contributed by atoms with Gasteiger partial charge >= 0.3 is 5.97 Å². The Bertz CT molecular complexity index is 191. The van der Waals surface area contributed by atoms with Crippen LogP contribution in [0.15, 0.2) is 0 Å². The Labute approximate surface area is 89.6 Å². The van der Waals surface area contributed by atoms with Gasteiger partial charge in [0.2, 0.25) is 0 Å². The third kappa shape index (κ3) is 2.89. The summed E-state index contributed by atoms with van der Waals surface area (Å²) in [6.45, 7) is 2.94. The predicted molar refractivity (Wildman–Crippen MR) is 59.8 cm³/mol. The van der Waals surface area contributed by atoms with E-state index in [9.17, 15) is 9.90 Å². The maximum Gasteiger partial charge on any atom is 0.324 e. The van der Waals surface area contributed by atoms with Crippen molar-refractivity contribution in [1.29, 1.82) is 0 Å². The summed E-state index contributed by atoms with van der Waals surface area (Å²) >= 11 is 1.74. The first-order valence-electron chi connectivity index (χ1n) is 5.27. The number of aliphatic carboxylic acids is 1. The van der Waals surface area contributed by atoms with E-state index in [4.69, 9.17) is 0 Å². The van der Waals surface area contributed by atoms with Crippen LogP contribution in [0.4, 0.5) is 0 Å². The van der Waals surface area contributed by atoms with Crippen LogP contribution in [0.2, 0.25) is 0 Å². The van der Waals surface area contributed by atoms with Gasteiger partial charge in [-0.2, -0.15) is 11.8 Å². The van der Waals surface area contributed by atoms with Crippen LogP contribution >= 0.6 is 11.8 Å². The van der Waals surface area contributed by atoms with Gasteiger partial charge in [-0.25, -0.2) is 0 Å². The lowest BCUT2D eigenvalue weighted by molar-refractivity contribution is -0.144. The summed E-state index contributed by atoms with van der Waals surface area (Å²) in [5.74, 6) is 1.14. The van der Waals surface area contributed by atoms with Crippen molar-refractivity contribution in [1.82, 2.24) is 5.32 Å². The number of hydrogen-bond acceptors (Lipinski definition) is 3. The number of unbranched alkanes of at least 4 members (excludes halogenated alkanes) is 1. The van der Waals surface area contributed by atoms with Crippen molar-refractivity contribution in [2.45, 2.75) is 38.1 Å². The van der Waals surface area contributed by atoms with Gasteiger partial charge in [-0.1, -0.05) is 13.3 Å². The lowest BCUT2D eigenvalue weighted by Crippen LogP contribution is -2.55. The third-order valence-corrected chi connectivity index (χ3v) is 3.92. The molecule has 82 valence electrons. The zero-order chi connectivity index (χ0) is 10.4. The summed E-state index contributed by atoms with van der Waals surface area (Å²) in [5.41, 5.74) is -0.641. The van der Waals surface area contributed by atoms with Crippen LogP contribution in [0.5, 0.6) is 0 Å². The Morgan fingerprint density at radius 3 is 2.93 bits per heavy atom. The monoisotopic (exact) mass is 217 g/mol. The lowest BCUT2D eigenvalue weighted by atomic mass is 9.95. The van der Waals surface area contributed by atoms with Gasteiger partial charge in [0.1, 0.15) is 5.54 Å². The summed E-state index contributed by atoms with van der Waals surface area (Å²) in [5, 5.41) is 12.4. The second-order valence-electron chi connectivity index (χ2n) is 3.82. The van der Waals surface area contributed by atoms with E-state index in [0.29, 0.717) is 5.75 Å². The van der Waals surface area contributed by atoms with Gasteiger partial charge in [-0.15, -0.1) is 0 Å². The predicted octanol–water partition coefficient (Wildman–Crippen LogP) is 1.73. The van der Waals surface area contributed by atoms with Crippen molar-refractivity contribution in [3.8, 4) is 0 Å². The van der Waals surface area contributed by atoms with Crippen molar-refractivity contribution in [3.63, 3.8) is 0 Å². The molecule has 14 heavy (non-hydrogen) atoms. The topological polar surface area (TPSA) is 49.3 Å². The fourth-order valence-corrected chi connectivity index (χ4v) is 2.89. The molecule has 1 unspecified atom stereocenters. The molecule has 1 aliphatic heterocycles. The molecule has 1 atom stereocenters. The van der Waals surface area contributed by atoms with Gasteiger partial charge in [-0.3, -0.25) is 4.79 Å². The molecule has 1 saturated heterocycles. The second-order valence-corrected chi connectivity index (χ2v) is 4.93. The van der Waals surface area contributed by atoms with E-state index >= 15 is 0 Å². The molecule has 0 saturated carbocycles. The quantitative estimate of drug-likeness (QED) is 0.689. The van der Waals surface area contributed by atoms with Gasteiger partial charge in [0.05, 0.1) is 0 Å². The molecule has 0 aromatic heterocycles. The largest absolute Gasteiger partial charge is 0.480 e. The minimum absolute atomic E-state index is 0.641. The van der Waals surface area contributed by atoms with Crippen molar-refractivity contribution in [3.05, 3.63) is 0 Å². The molecule has 1 aliphatic rings. The number of thioether (sulfide) groups is 1. The Kier molecular flexibility index (Phi) is 4.75. The third-order valence-electron chi connectivity index (χ3n) is 2.64. The van der Waals surface area contributed by atoms with Crippen molar-refractivity contribution in [2.75, 3.05) is 18.1 Å². The molecule has 1 rings (SSSR count). The highest BCUT2D eigenvalue weighted by atomic mass is 32.2. The standard InChI is InChI=1S/C10H19NO2S/c1-2-3-6-11-10(9(12)13)5-4-7-14-8-10/h11H,2-8H2,1H3,(H,12,13). The van der Waals surface area contributed by atoms with E-state index in [1.165, 1.54) is 0 Å². The van der Waals surface area contributed by atoms with Crippen molar-refractivity contribution in [2.24, 2.45) is 0 Å². The minimum atomic E-state index is -0.680. The fourth-order valence-electron chi connectivity index (χ4n) is 1.68. The van der Waals surface area contributed by atoms with Crippen LogP contribution < -0.4 is 5.32 Å². The molecule has 3 nitrogen and oxygen atoms in total. The molecule has 4 heteroatoms. The Hall–Kier alpha value is -0.220. The molecule has 0 aromatic carbocycles. The fraction of sp³-hybridized carbons (Fsp3) is 0.900. The molecular formula is C10H19NO2S. The van der Waals surface area contributed by atoms with Gasteiger partial charge in [0.15, 0.2) is 0 Å². The van der Waals surface area contributed by atoms with E-state index < -0.39 is 11.5 Å². The van der Waals surface area contributed by atoms with Crippen LogP contribution in [0.1, 0.15) is 32.6 Å². The van der Waals surface area contributed by atoms with E-state index in [2.05, 4.69) is 12.2 Å². The maximum absolute atomic E-state index is 11.2. The molecule has 1 fully saturated rings. The summed E-state index contributed by atoms with van der Waals surface area (Å²) in [6.07, 6.45) is 3.95. The Morgan fingerprint density at radius 1 is 1.64 bits per heavy atom. The molecule has 0 bridgehead atoms. The van der Waals surface area contributed by atoms with E-state index in [-0.39, 0.29) is 0 Å². The van der Waals surface area contributed by atoms with Crippen LogP contribution in [-0.4, -0.2) is 34.7 Å². The van der Waals surface area contributed by atoms with Crippen LogP contribution in [0, 0.1) is 0 Å². The van der Waals surface area contributed by atoms with Crippen molar-refractivity contribution >= 4 is 17.7 Å². The number of carboxylic acid groups (broad SMARTS) is 1. The van der Waals surface area contributed by atoms with Gasteiger partial charge in [-0.05, 0) is 31.6 Å². The van der Waals surface area contributed by atoms with Gasteiger partial charge < -0.3 is 10.4 Å². The van der Waals surface area contributed by atoms with Crippen LogP contribution in [-0.2, 0) is 4.79 Å². The number of hydrogen-bond donors (Lipinski definition) is 2. The van der Waals surface area contributed by atoms with Gasteiger partial charge in [0.25, 0.3) is 0 Å². The highest BCUT2D eigenvalue weighted by molar-refractivity contribution is 7.99. The molecule has 0 amide bonds. The molecule has 0 radical (unpaired) electrons. The molecule has 1 heterocycles. The molecule has 2 N–H and O–H groups in total. The highest BCUT2D eigenvalue weighted by Crippen LogP contribution is 2.27. The van der Waals surface area contributed by atoms with E-state index in [1.807, 2.05) is 0 Å². The summed E-state index contributed by atoms with van der Waals surface area (Å²) in [7, 11) is 0. The average Bonchev–Trinajstić information content (AvgIpc) is 2.19. The Morgan fingerprint density at radius 2 is 2.43 bits per heavy atom. The number of rotatable bonds is 5. The lowest BCUT2D eigenvalue weighted by Gasteiger charge is -2.33. The summed E-state index contributed by atoms with van der Waals surface area (Å²) in [4.78, 5) is 11.2. The Balaban J connectivity index is 2.47. The van der Waals surface area contributed by atoms with E-state index in [0.717, 1.165) is 38.0 Å². The zero-order valence-corrected chi connectivity index (χ0v) is 9.53. The molecular weight excluding hydrogens is 198 g/mol. The first kappa shape index (κ1) is 11.9. The van der Waals surface area contributed by atoms with Crippen molar-refractivity contribution < 1.29 is 9.90 Å². The number of nitrogens with one attached hydrogen (secondary N) is 1. The number of carboxylic acids is 1. The number of carbonyl (C=O) groups is 1. The first-order valence-corrected chi connectivity index (χ1v) is 6.43. The average molecular weight is 217 g/mol. The van der Waals surface area contributed by atoms with E-state index in [1.54, 1.807) is 11.8 Å². The molecule has 0 aromatic rings. The smallest absolute Gasteiger partial charge is 0.324 e. The minimum Gasteiger partial charge on any atom is -0.480 e. The zero-order valence-electron chi connectivity index (χ0n) is 8.71. The highest BCUT2D eigenvalue weighted by Gasteiger charge is 2.39.